The molecule has 1 aromatic carbocycles. The van der Waals surface area contributed by atoms with Crippen LogP contribution in [0.2, 0.25) is 5.02 Å². The lowest BCUT2D eigenvalue weighted by Gasteiger charge is -2.37. The summed E-state index contributed by atoms with van der Waals surface area (Å²) < 4.78 is 5.47. The highest BCUT2D eigenvalue weighted by atomic mass is 35.5. The second kappa shape index (κ2) is 9.48. The number of para-hydroxylation sites is 1. The first kappa shape index (κ1) is 23.2. The van der Waals surface area contributed by atoms with Crippen LogP contribution in [0, 0.1) is 11.3 Å². The number of halogens is 1. The van der Waals surface area contributed by atoms with Crippen LogP contribution in [0.1, 0.15) is 55.2 Å². The predicted octanol–water partition coefficient (Wildman–Crippen LogP) is 5.62. The van der Waals surface area contributed by atoms with E-state index in [1.165, 1.54) is 6.20 Å². The second-order valence-corrected chi connectivity index (χ2v) is 9.63. The number of pyridine rings is 2. The molecule has 172 valence electrons. The number of ether oxygens (including phenoxy) is 1. The molecule has 2 heterocycles. The van der Waals surface area contributed by atoms with E-state index in [9.17, 15) is 9.59 Å². The summed E-state index contributed by atoms with van der Waals surface area (Å²) in [5.41, 5.74) is 3.38. The molecule has 0 bridgehead atoms. The molecular formula is C26H28ClN3O3. The van der Waals surface area contributed by atoms with Crippen LogP contribution in [0.25, 0.3) is 10.9 Å². The molecule has 7 heteroatoms. The fraction of sp³-hybridized carbons (Fsp3) is 0.385. The molecule has 0 spiro atoms. The molecule has 3 aromatic rings. The monoisotopic (exact) mass is 465 g/mol. The summed E-state index contributed by atoms with van der Waals surface area (Å²) in [6.07, 6.45) is 5.15. The number of carbonyl (C=O) groups excluding carboxylic acids is 2. The molecular weight excluding hydrogens is 438 g/mol. The molecule has 0 aliphatic heterocycles. The molecule has 33 heavy (non-hydrogen) atoms. The Morgan fingerprint density at radius 3 is 2.73 bits per heavy atom. The van der Waals surface area contributed by atoms with Gasteiger partial charge in [-0.3, -0.25) is 9.78 Å². The predicted molar refractivity (Wildman–Crippen MR) is 129 cm³/mol. The molecule has 1 aliphatic rings. The van der Waals surface area contributed by atoms with Crippen molar-refractivity contribution in [3.05, 3.63) is 64.4 Å². The van der Waals surface area contributed by atoms with Gasteiger partial charge in [0.05, 0.1) is 16.1 Å². The Labute approximate surface area is 198 Å². The van der Waals surface area contributed by atoms with Crippen LogP contribution in [0.5, 0.6) is 0 Å². The van der Waals surface area contributed by atoms with Gasteiger partial charge in [0.25, 0.3) is 5.91 Å². The lowest BCUT2D eigenvalue weighted by atomic mass is 9.68. The zero-order chi connectivity index (χ0) is 23.6. The number of fused-ring (bicyclic) bond motifs is 2. The maximum absolute atomic E-state index is 13.3. The Bertz CT molecular complexity index is 1190. The summed E-state index contributed by atoms with van der Waals surface area (Å²) in [7, 11) is 0. The van der Waals surface area contributed by atoms with E-state index in [0.29, 0.717) is 22.3 Å². The van der Waals surface area contributed by atoms with Crippen LogP contribution in [0.15, 0.2) is 42.6 Å². The zero-order valence-corrected chi connectivity index (χ0v) is 19.9. The highest BCUT2D eigenvalue weighted by Gasteiger charge is 2.34. The number of nitrogens with zero attached hydrogens (tertiary/aromatic N) is 2. The summed E-state index contributed by atoms with van der Waals surface area (Å²) in [5, 5.41) is 3.84. The number of carbonyl (C=O) groups is 2. The third kappa shape index (κ3) is 5.01. The van der Waals surface area contributed by atoms with Crippen molar-refractivity contribution in [2.45, 2.75) is 46.5 Å². The van der Waals surface area contributed by atoms with Crippen molar-refractivity contribution in [3.63, 3.8) is 0 Å². The number of nitrogens with one attached hydrogen (secondary N) is 1. The SMILES string of the molecule is CCC(C)(C)C1CCc2nc3ccccc3c(C(=O)OCC(=O)Nc3ccc(Cl)cn3)c2C1. The van der Waals surface area contributed by atoms with Gasteiger partial charge in [-0.15, -0.1) is 0 Å². The summed E-state index contributed by atoms with van der Waals surface area (Å²) >= 11 is 5.82. The van der Waals surface area contributed by atoms with Crippen LogP contribution in [0.4, 0.5) is 5.82 Å². The molecule has 2 aromatic heterocycles. The van der Waals surface area contributed by atoms with Gasteiger partial charge in [-0.25, -0.2) is 9.78 Å². The number of aryl methyl sites for hydroxylation is 1. The van der Waals surface area contributed by atoms with Crippen LogP contribution in [0.3, 0.4) is 0 Å². The number of amides is 1. The topological polar surface area (TPSA) is 81.2 Å². The van der Waals surface area contributed by atoms with E-state index < -0.39 is 18.5 Å². The largest absolute Gasteiger partial charge is 0.452 e. The van der Waals surface area contributed by atoms with E-state index in [2.05, 4.69) is 31.1 Å². The quantitative estimate of drug-likeness (QED) is 0.478. The number of esters is 1. The van der Waals surface area contributed by atoms with E-state index in [1.807, 2.05) is 24.3 Å². The zero-order valence-electron chi connectivity index (χ0n) is 19.2. The number of rotatable bonds is 6. The van der Waals surface area contributed by atoms with Crippen molar-refractivity contribution in [1.82, 2.24) is 9.97 Å². The van der Waals surface area contributed by atoms with Crippen molar-refractivity contribution in [1.29, 1.82) is 0 Å². The Morgan fingerprint density at radius 2 is 2.00 bits per heavy atom. The van der Waals surface area contributed by atoms with Crippen LogP contribution in [-0.4, -0.2) is 28.5 Å². The molecule has 1 atom stereocenters. The van der Waals surface area contributed by atoms with Crippen molar-refractivity contribution >= 4 is 40.2 Å². The second-order valence-electron chi connectivity index (χ2n) is 9.20. The summed E-state index contributed by atoms with van der Waals surface area (Å²) in [6.45, 7) is 6.37. The molecule has 1 unspecified atom stereocenters. The molecule has 1 aliphatic carbocycles. The number of benzene rings is 1. The van der Waals surface area contributed by atoms with Crippen molar-refractivity contribution < 1.29 is 14.3 Å². The van der Waals surface area contributed by atoms with E-state index >= 15 is 0 Å². The van der Waals surface area contributed by atoms with E-state index in [4.69, 9.17) is 21.3 Å². The standard InChI is InChI=1S/C26H28ClN3O3/c1-4-26(2,3)16-9-11-21-19(13-16)24(18-7-5-6-8-20(18)29-21)25(32)33-15-23(31)30-22-12-10-17(27)14-28-22/h5-8,10,12,14,16H,4,9,11,13,15H2,1-3H3,(H,28,30,31). The minimum Gasteiger partial charge on any atom is -0.452 e. The highest BCUT2D eigenvalue weighted by Crippen LogP contribution is 2.41. The van der Waals surface area contributed by atoms with Gasteiger partial charge >= 0.3 is 5.97 Å². The highest BCUT2D eigenvalue weighted by molar-refractivity contribution is 6.30. The molecule has 1 N–H and O–H groups in total. The fourth-order valence-corrected chi connectivity index (χ4v) is 4.52. The van der Waals surface area contributed by atoms with Gasteiger partial charge in [-0.2, -0.15) is 0 Å². The van der Waals surface area contributed by atoms with Gasteiger partial charge < -0.3 is 10.1 Å². The fourth-order valence-electron chi connectivity index (χ4n) is 4.41. The van der Waals surface area contributed by atoms with Gasteiger partial charge in [0.2, 0.25) is 0 Å². The summed E-state index contributed by atoms with van der Waals surface area (Å²) in [4.78, 5) is 34.5. The summed E-state index contributed by atoms with van der Waals surface area (Å²) in [6, 6.07) is 10.8. The van der Waals surface area contributed by atoms with Crippen molar-refractivity contribution in [3.8, 4) is 0 Å². The molecule has 0 saturated carbocycles. The average molecular weight is 466 g/mol. The first-order chi connectivity index (χ1) is 15.8. The Hall–Kier alpha value is -2.99. The maximum atomic E-state index is 13.3. The molecule has 4 rings (SSSR count). The van der Waals surface area contributed by atoms with Gasteiger partial charge in [0.1, 0.15) is 5.82 Å². The molecule has 6 nitrogen and oxygen atoms in total. The molecule has 1 amide bonds. The lowest BCUT2D eigenvalue weighted by molar-refractivity contribution is -0.119. The number of hydrogen-bond acceptors (Lipinski definition) is 5. The molecule has 0 radical (unpaired) electrons. The third-order valence-electron chi connectivity index (χ3n) is 6.81. The first-order valence-electron chi connectivity index (χ1n) is 11.3. The molecule has 0 saturated heterocycles. The number of aromatic nitrogens is 2. The maximum Gasteiger partial charge on any atom is 0.339 e. The van der Waals surface area contributed by atoms with Gasteiger partial charge in [-0.05, 0) is 54.4 Å². The lowest BCUT2D eigenvalue weighted by Crippen LogP contribution is -2.31. The number of anilines is 1. The smallest absolute Gasteiger partial charge is 0.339 e. The van der Waals surface area contributed by atoms with E-state index in [0.717, 1.165) is 47.8 Å². The minimum atomic E-state index is -0.501. The van der Waals surface area contributed by atoms with Crippen LogP contribution in [-0.2, 0) is 22.4 Å². The van der Waals surface area contributed by atoms with Crippen molar-refractivity contribution in [2.75, 3.05) is 11.9 Å². The Kier molecular flexibility index (Phi) is 6.66. The number of hydrogen-bond donors (Lipinski definition) is 1. The normalized spacial score (nSPS) is 15.7. The van der Waals surface area contributed by atoms with E-state index in [1.54, 1.807) is 12.1 Å². The Balaban J connectivity index is 1.59. The van der Waals surface area contributed by atoms with Crippen LogP contribution < -0.4 is 5.32 Å². The first-order valence-corrected chi connectivity index (χ1v) is 11.7. The van der Waals surface area contributed by atoms with Crippen LogP contribution >= 0.6 is 11.6 Å². The van der Waals surface area contributed by atoms with Gasteiger partial charge in [0.15, 0.2) is 6.61 Å². The minimum absolute atomic E-state index is 0.163. The van der Waals surface area contributed by atoms with E-state index in [-0.39, 0.29) is 5.41 Å². The average Bonchev–Trinajstić information content (AvgIpc) is 2.82. The molecule has 0 fully saturated rings. The third-order valence-corrected chi connectivity index (χ3v) is 7.03. The van der Waals surface area contributed by atoms with Crippen molar-refractivity contribution in [2.24, 2.45) is 11.3 Å². The summed E-state index contributed by atoms with van der Waals surface area (Å²) in [5.74, 6) is -0.171. The van der Waals surface area contributed by atoms with Gasteiger partial charge in [0, 0.05) is 17.3 Å². The van der Waals surface area contributed by atoms with Gasteiger partial charge in [-0.1, -0.05) is 57.0 Å². The Morgan fingerprint density at radius 1 is 1.21 bits per heavy atom.